The Kier molecular flexibility index (Phi) is 1.59. The Bertz CT molecular complexity index is 198. The van der Waals surface area contributed by atoms with Crippen molar-refractivity contribution in [1.29, 1.82) is 0 Å². The molecule has 2 atom stereocenters. The molecule has 2 unspecified atom stereocenters. The number of nitrogens with two attached hydrogens (primary N) is 1. The molecule has 0 aromatic heterocycles. The molecule has 70 valence electrons. The summed E-state index contributed by atoms with van der Waals surface area (Å²) in [5.41, 5.74) is 6.53. The minimum atomic E-state index is 0.0962. The average molecular weight is 169 g/mol. The molecule has 1 aliphatic heterocycles. The Morgan fingerprint density at radius 2 is 2.00 bits per heavy atom. The van der Waals surface area contributed by atoms with Gasteiger partial charge in [0, 0.05) is 11.5 Å². The summed E-state index contributed by atoms with van der Waals surface area (Å²) < 4.78 is 5.82. The van der Waals surface area contributed by atoms with Crippen LogP contribution in [0.15, 0.2) is 0 Å². The van der Waals surface area contributed by atoms with Gasteiger partial charge in [0.2, 0.25) is 0 Å². The summed E-state index contributed by atoms with van der Waals surface area (Å²) >= 11 is 0. The lowest BCUT2D eigenvalue weighted by atomic mass is 9.73. The smallest absolute Gasteiger partial charge is 0.0841 e. The van der Waals surface area contributed by atoms with Gasteiger partial charge in [-0.2, -0.15) is 0 Å². The highest BCUT2D eigenvalue weighted by molar-refractivity contribution is 5.14. The molecule has 0 bridgehead atoms. The first-order valence-corrected chi connectivity index (χ1v) is 4.91. The fourth-order valence-electron chi connectivity index (χ4n) is 2.18. The molecule has 2 aliphatic rings. The van der Waals surface area contributed by atoms with Crippen LogP contribution in [0.4, 0.5) is 0 Å². The SMILES string of the molecule is CC(C)C1(C)COC2(CC2)C1N. The third kappa shape index (κ3) is 0.882. The lowest BCUT2D eigenvalue weighted by Gasteiger charge is -2.32. The summed E-state index contributed by atoms with van der Waals surface area (Å²) in [6, 6.07) is 0.255. The zero-order chi connectivity index (χ0) is 8.98. The van der Waals surface area contributed by atoms with Gasteiger partial charge < -0.3 is 10.5 Å². The van der Waals surface area contributed by atoms with Crippen LogP contribution in [-0.4, -0.2) is 18.2 Å². The van der Waals surface area contributed by atoms with E-state index in [1.54, 1.807) is 0 Å². The molecular weight excluding hydrogens is 150 g/mol. The molecule has 1 aliphatic carbocycles. The van der Waals surface area contributed by atoms with E-state index in [2.05, 4.69) is 20.8 Å². The quantitative estimate of drug-likeness (QED) is 0.646. The van der Waals surface area contributed by atoms with Crippen molar-refractivity contribution in [2.75, 3.05) is 6.61 Å². The van der Waals surface area contributed by atoms with E-state index < -0.39 is 0 Å². The summed E-state index contributed by atoms with van der Waals surface area (Å²) in [6.07, 6.45) is 2.35. The predicted octanol–water partition coefficient (Wildman–Crippen LogP) is 1.54. The maximum Gasteiger partial charge on any atom is 0.0841 e. The zero-order valence-electron chi connectivity index (χ0n) is 8.26. The van der Waals surface area contributed by atoms with E-state index in [0.29, 0.717) is 5.92 Å². The number of ether oxygens (including phenoxy) is 1. The van der Waals surface area contributed by atoms with Crippen LogP contribution in [0.25, 0.3) is 0 Å². The molecule has 0 radical (unpaired) electrons. The zero-order valence-corrected chi connectivity index (χ0v) is 8.26. The summed E-state index contributed by atoms with van der Waals surface area (Å²) in [5.74, 6) is 0.618. The molecule has 1 heterocycles. The summed E-state index contributed by atoms with van der Waals surface area (Å²) in [6.45, 7) is 7.59. The second kappa shape index (κ2) is 2.24. The molecule has 2 N–H and O–H groups in total. The van der Waals surface area contributed by atoms with E-state index in [-0.39, 0.29) is 17.1 Å². The van der Waals surface area contributed by atoms with Gasteiger partial charge in [-0.1, -0.05) is 20.8 Å². The third-order valence-corrected chi connectivity index (χ3v) is 4.01. The lowest BCUT2D eigenvalue weighted by Crippen LogP contribution is -2.46. The summed E-state index contributed by atoms with van der Waals surface area (Å²) in [5, 5.41) is 0. The Morgan fingerprint density at radius 3 is 2.25 bits per heavy atom. The Balaban J connectivity index is 2.19. The fraction of sp³-hybridized carbons (Fsp3) is 1.00. The van der Waals surface area contributed by atoms with Crippen LogP contribution in [0, 0.1) is 11.3 Å². The van der Waals surface area contributed by atoms with Crippen molar-refractivity contribution in [3.05, 3.63) is 0 Å². The van der Waals surface area contributed by atoms with E-state index >= 15 is 0 Å². The van der Waals surface area contributed by atoms with Crippen LogP contribution in [0.1, 0.15) is 33.6 Å². The first-order valence-electron chi connectivity index (χ1n) is 4.91. The van der Waals surface area contributed by atoms with Gasteiger partial charge in [-0.15, -0.1) is 0 Å². The van der Waals surface area contributed by atoms with Crippen LogP contribution in [0.5, 0.6) is 0 Å². The number of hydrogen-bond donors (Lipinski definition) is 1. The Morgan fingerprint density at radius 1 is 1.42 bits per heavy atom. The van der Waals surface area contributed by atoms with Gasteiger partial charge in [-0.05, 0) is 18.8 Å². The second-order valence-corrected chi connectivity index (χ2v) is 4.99. The average Bonchev–Trinajstić information content (AvgIpc) is 2.74. The fourth-order valence-corrected chi connectivity index (χ4v) is 2.18. The van der Waals surface area contributed by atoms with Crippen LogP contribution in [0.3, 0.4) is 0 Å². The van der Waals surface area contributed by atoms with Crippen LogP contribution in [0.2, 0.25) is 0 Å². The van der Waals surface area contributed by atoms with Gasteiger partial charge in [0.15, 0.2) is 0 Å². The molecule has 0 aromatic rings. The largest absolute Gasteiger partial charge is 0.373 e. The molecule has 2 rings (SSSR count). The molecule has 12 heavy (non-hydrogen) atoms. The lowest BCUT2D eigenvalue weighted by molar-refractivity contribution is 0.0719. The maximum atomic E-state index is 6.23. The summed E-state index contributed by atoms with van der Waals surface area (Å²) in [7, 11) is 0. The van der Waals surface area contributed by atoms with Crippen LogP contribution in [-0.2, 0) is 4.74 Å². The first-order chi connectivity index (χ1) is 5.51. The monoisotopic (exact) mass is 169 g/mol. The molecule has 2 heteroatoms. The minimum absolute atomic E-state index is 0.0962. The van der Waals surface area contributed by atoms with Crippen molar-refractivity contribution < 1.29 is 4.74 Å². The van der Waals surface area contributed by atoms with E-state index in [4.69, 9.17) is 10.5 Å². The van der Waals surface area contributed by atoms with Crippen molar-refractivity contribution >= 4 is 0 Å². The van der Waals surface area contributed by atoms with E-state index in [9.17, 15) is 0 Å². The molecule has 2 nitrogen and oxygen atoms in total. The predicted molar refractivity (Wildman–Crippen MR) is 48.8 cm³/mol. The van der Waals surface area contributed by atoms with Crippen molar-refractivity contribution in [3.8, 4) is 0 Å². The van der Waals surface area contributed by atoms with Gasteiger partial charge in [0.1, 0.15) is 0 Å². The van der Waals surface area contributed by atoms with E-state index in [1.165, 1.54) is 12.8 Å². The number of hydrogen-bond acceptors (Lipinski definition) is 2. The highest BCUT2D eigenvalue weighted by Crippen LogP contribution is 2.55. The normalized spacial score (nSPS) is 44.2. The van der Waals surface area contributed by atoms with Gasteiger partial charge >= 0.3 is 0 Å². The van der Waals surface area contributed by atoms with Crippen molar-refractivity contribution in [1.82, 2.24) is 0 Å². The molecule has 0 amide bonds. The number of rotatable bonds is 1. The Labute approximate surface area is 74.5 Å². The van der Waals surface area contributed by atoms with Gasteiger partial charge in [-0.3, -0.25) is 0 Å². The highest BCUT2D eigenvalue weighted by Gasteiger charge is 2.61. The standard InChI is InChI=1S/C10H19NO/c1-7(2)9(3)6-12-10(4-5-10)8(9)11/h7-8H,4-6,11H2,1-3H3. The molecule has 1 saturated heterocycles. The highest BCUT2D eigenvalue weighted by atomic mass is 16.5. The third-order valence-electron chi connectivity index (χ3n) is 4.01. The summed E-state index contributed by atoms with van der Waals surface area (Å²) in [4.78, 5) is 0. The van der Waals surface area contributed by atoms with Gasteiger partial charge in [0.05, 0.1) is 12.2 Å². The van der Waals surface area contributed by atoms with Gasteiger partial charge in [0.25, 0.3) is 0 Å². The van der Waals surface area contributed by atoms with Gasteiger partial charge in [-0.25, -0.2) is 0 Å². The second-order valence-electron chi connectivity index (χ2n) is 4.99. The molecule has 2 fully saturated rings. The van der Waals surface area contributed by atoms with Crippen LogP contribution >= 0.6 is 0 Å². The topological polar surface area (TPSA) is 35.2 Å². The molecule has 1 spiro atoms. The van der Waals surface area contributed by atoms with Crippen molar-refractivity contribution in [2.45, 2.75) is 45.3 Å². The van der Waals surface area contributed by atoms with Crippen LogP contribution < -0.4 is 5.73 Å². The Hall–Kier alpha value is -0.0800. The minimum Gasteiger partial charge on any atom is -0.373 e. The van der Waals surface area contributed by atoms with Crippen molar-refractivity contribution in [3.63, 3.8) is 0 Å². The van der Waals surface area contributed by atoms with E-state index in [1.807, 2.05) is 0 Å². The molecular formula is C10H19NO. The maximum absolute atomic E-state index is 6.23. The molecule has 0 aromatic carbocycles. The first kappa shape index (κ1) is 8.52. The van der Waals surface area contributed by atoms with E-state index in [0.717, 1.165) is 6.61 Å². The molecule has 1 saturated carbocycles. The van der Waals surface area contributed by atoms with Crippen molar-refractivity contribution in [2.24, 2.45) is 17.1 Å².